The van der Waals surface area contributed by atoms with E-state index in [0.29, 0.717) is 0 Å². The fraction of sp³-hybridized carbons (Fsp3) is 0.500. The third kappa shape index (κ3) is 4.80. The summed E-state index contributed by atoms with van der Waals surface area (Å²) in [5.41, 5.74) is -0.792. The summed E-state index contributed by atoms with van der Waals surface area (Å²) in [6.07, 6.45) is 3.27. The van der Waals surface area contributed by atoms with Crippen molar-refractivity contribution >= 4 is 17.7 Å². The van der Waals surface area contributed by atoms with Crippen molar-refractivity contribution in [3.05, 3.63) is 11.5 Å². The van der Waals surface area contributed by atoms with E-state index in [4.69, 9.17) is 5.26 Å². The van der Waals surface area contributed by atoms with E-state index in [-0.39, 0.29) is 5.91 Å². The number of nitriles is 1. The Balaban J connectivity index is 4.03. The summed E-state index contributed by atoms with van der Waals surface area (Å²) >= 11 is 1.44. The molecule has 0 aromatic heterocycles. The van der Waals surface area contributed by atoms with Crippen molar-refractivity contribution in [1.82, 2.24) is 5.32 Å². The molecule has 0 aliphatic heterocycles. The Morgan fingerprint density at radius 3 is 2.67 bits per heavy atom. The van der Waals surface area contributed by atoms with Crippen LogP contribution in [0.2, 0.25) is 0 Å². The van der Waals surface area contributed by atoms with Gasteiger partial charge in [-0.3, -0.25) is 4.79 Å². The van der Waals surface area contributed by atoms with Crippen molar-refractivity contribution in [3.8, 4) is 6.07 Å². The van der Waals surface area contributed by atoms with Gasteiger partial charge in [0.05, 0.1) is 6.07 Å². The number of nitrogens with one attached hydrogen (secondary N) is 1. The number of nitrogens with zero attached hydrogens (tertiary/aromatic N) is 1. The molecule has 0 saturated carbocycles. The van der Waals surface area contributed by atoms with Crippen molar-refractivity contribution in [2.24, 2.45) is 0 Å². The van der Waals surface area contributed by atoms with Crippen molar-refractivity contribution in [1.29, 1.82) is 5.26 Å². The molecule has 3 nitrogen and oxygen atoms in total. The minimum atomic E-state index is -0.792. The zero-order valence-electron chi connectivity index (χ0n) is 7.42. The second-order valence-corrected chi connectivity index (χ2v) is 3.51. The van der Waals surface area contributed by atoms with Gasteiger partial charge in [-0.25, -0.2) is 0 Å². The molecule has 0 aromatic rings. The second-order valence-electron chi connectivity index (χ2n) is 2.76. The van der Waals surface area contributed by atoms with Gasteiger partial charge in [0.1, 0.15) is 5.54 Å². The van der Waals surface area contributed by atoms with Gasteiger partial charge in [-0.2, -0.15) is 5.26 Å². The molecule has 1 amide bonds. The molecule has 0 rings (SSSR count). The lowest BCUT2D eigenvalue weighted by molar-refractivity contribution is -0.117. The smallest absolute Gasteiger partial charge is 0.245 e. The number of hydrogen-bond donors (Lipinski definition) is 1. The lowest BCUT2D eigenvalue weighted by Gasteiger charge is -2.15. The van der Waals surface area contributed by atoms with Gasteiger partial charge in [0, 0.05) is 6.08 Å². The Kier molecular flexibility index (Phi) is 4.45. The zero-order valence-corrected chi connectivity index (χ0v) is 8.23. The summed E-state index contributed by atoms with van der Waals surface area (Å²) in [7, 11) is 0. The van der Waals surface area contributed by atoms with E-state index < -0.39 is 5.54 Å². The number of thioether (sulfide) groups is 1. The van der Waals surface area contributed by atoms with Gasteiger partial charge >= 0.3 is 0 Å². The first kappa shape index (κ1) is 11.1. The summed E-state index contributed by atoms with van der Waals surface area (Å²) in [4.78, 5) is 11.0. The summed E-state index contributed by atoms with van der Waals surface area (Å²) in [6.45, 7) is 3.30. The second kappa shape index (κ2) is 4.83. The summed E-state index contributed by atoms with van der Waals surface area (Å²) < 4.78 is 0. The van der Waals surface area contributed by atoms with Crippen LogP contribution in [-0.2, 0) is 4.79 Å². The summed E-state index contributed by atoms with van der Waals surface area (Å²) in [5, 5.41) is 12.8. The quantitative estimate of drug-likeness (QED) is 0.672. The third-order valence-electron chi connectivity index (χ3n) is 1.07. The Hall–Kier alpha value is -0.950. The molecule has 12 heavy (non-hydrogen) atoms. The molecular formula is C8H12N2OS. The fourth-order valence-corrected chi connectivity index (χ4v) is 0.767. The lowest BCUT2D eigenvalue weighted by Crippen LogP contribution is -2.41. The van der Waals surface area contributed by atoms with Gasteiger partial charge in [0.25, 0.3) is 0 Å². The first-order valence-corrected chi connectivity index (χ1v) is 4.73. The number of amides is 1. The average Bonchev–Trinajstić information content (AvgIpc) is 2.00. The predicted octanol–water partition coefficient (Wildman–Crippen LogP) is 1.28. The molecule has 0 saturated heterocycles. The van der Waals surface area contributed by atoms with Gasteiger partial charge in [-0.15, -0.1) is 11.8 Å². The molecule has 0 heterocycles. The Morgan fingerprint density at radius 1 is 1.67 bits per heavy atom. The average molecular weight is 184 g/mol. The Morgan fingerprint density at radius 2 is 2.25 bits per heavy atom. The number of carbonyl (C=O) groups excluding carboxylic acids is 1. The minimum absolute atomic E-state index is 0.240. The molecule has 1 N–H and O–H groups in total. The van der Waals surface area contributed by atoms with Gasteiger partial charge in [-0.1, -0.05) is 0 Å². The van der Waals surface area contributed by atoms with E-state index in [1.54, 1.807) is 19.3 Å². The maximum Gasteiger partial charge on any atom is 0.245 e. The summed E-state index contributed by atoms with van der Waals surface area (Å²) in [5.74, 6) is -0.240. The highest BCUT2D eigenvalue weighted by atomic mass is 32.2. The van der Waals surface area contributed by atoms with E-state index in [2.05, 4.69) is 5.32 Å². The van der Waals surface area contributed by atoms with E-state index in [1.807, 2.05) is 12.3 Å². The normalized spacial score (nSPS) is 11.2. The lowest BCUT2D eigenvalue weighted by atomic mass is 10.1. The van der Waals surface area contributed by atoms with Crippen LogP contribution in [0.1, 0.15) is 13.8 Å². The maximum absolute atomic E-state index is 11.0. The van der Waals surface area contributed by atoms with Crippen molar-refractivity contribution in [3.63, 3.8) is 0 Å². The largest absolute Gasteiger partial charge is 0.335 e. The number of rotatable bonds is 3. The molecule has 0 fully saturated rings. The molecule has 0 spiro atoms. The van der Waals surface area contributed by atoms with Crippen LogP contribution in [0.25, 0.3) is 0 Å². The van der Waals surface area contributed by atoms with E-state index in [9.17, 15) is 4.79 Å². The monoisotopic (exact) mass is 184 g/mol. The SMILES string of the molecule is CS/C=C/C(=O)NC(C)(C)C#N. The maximum atomic E-state index is 11.0. The van der Waals surface area contributed by atoms with E-state index in [1.165, 1.54) is 17.8 Å². The van der Waals surface area contributed by atoms with Gasteiger partial charge in [-0.05, 0) is 25.5 Å². The van der Waals surface area contributed by atoms with Gasteiger partial charge in [0.15, 0.2) is 0 Å². The van der Waals surface area contributed by atoms with Crippen molar-refractivity contribution in [2.45, 2.75) is 19.4 Å². The van der Waals surface area contributed by atoms with Crippen LogP contribution < -0.4 is 5.32 Å². The zero-order chi connectivity index (χ0) is 9.61. The topological polar surface area (TPSA) is 52.9 Å². The van der Waals surface area contributed by atoms with Crippen LogP contribution in [0.5, 0.6) is 0 Å². The standard InChI is InChI=1S/C8H12N2OS/c1-8(2,6-9)10-7(11)4-5-12-3/h4-5H,1-3H3,(H,10,11)/b5-4+. The van der Waals surface area contributed by atoms with Gasteiger partial charge < -0.3 is 5.32 Å². The highest BCUT2D eigenvalue weighted by Gasteiger charge is 2.17. The molecule has 0 aliphatic carbocycles. The van der Waals surface area contributed by atoms with Crippen LogP contribution in [0.15, 0.2) is 11.5 Å². The van der Waals surface area contributed by atoms with Crippen LogP contribution >= 0.6 is 11.8 Å². The first-order valence-electron chi connectivity index (χ1n) is 3.44. The van der Waals surface area contributed by atoms with Crippen molar-refractivity contribution < 1.29 is 4.79 Å². The summed E-state index contributed by atoms with van der Waals surface area (Å²) in [6, 6.07) is 1.98. The van der Waals surface area contributed by atoms with E-state index in [0.717, 1.165) is 0 Å². The molecule has 0 aliphatic rings. The molecule has 4 heteroatoms. The van der Waals surface area contributed by atoms with Crippen molar-refractivity contribution in [2.75, 3.05) is 6.26 Å². The Bertz CT molecular complexity index is 228. The van der Waals surface area contributed by atoms with Crippen LogP contribution in [0.4, 0.5) is 0 Å². The molecule has 66 valence electrons. The third-order valence-corrected chi connectivity index (χ3v) is 1.48. The van der Waals surface area contributed by atoms with Crippen LogP contribution in [-0.4, -0.2) is 17.7 Å². The molecule has 0 atom stereocenters. The Labute approximate surface area is 76.8 Å². The minimum Gasteiger partial charge on any atom is -0.335 e. The molecule has 0 unspecified atom stereocenters. The highest BCUT2D eigenvalue weighted by molar-refractivity contribution is 8.01. The highest BCUT2D eigenvalue weighted by Crippen LogP contribution is 1.99. The van der Waals surface area contributed by atoms with E-state index >= 15 is 0 Å². The molecular weight excluding hydrogens is 172 g/mol. The van der Waals surface area contributed by atoms with Crippen LogP contribution in [0.3, 0.4) is 0 Å². The predicted molar refractivity (Wildman–Crippen MR) is 50.5 cm³/mol. The number of carbonyl (C=O) groups is 1. The number of hydrogen-bond acceptors (Lipinski definition) is 3. The molecule has 0 aromatic carbocycles. The van der Waals surface area contributed by atoms with Crippen LogP contribution in [0, 0.1) is 11.3 Å². The fourth-order valence-electron chi connectivity index (χ4n) is 0.507. The first-order chi connectivity index (χ1) is 5.52. The molecule has 0 radical (unpaired) electrons. The van der Waals surface area contributed by atoms with Gasteiger partial charge in [0.2, 0.25) is 5.91 Å². The molecule has 0 bridgehead atoms.